The minimum absolute atomic E-state index is 0.235. The van der Waals surface area contributed by atoms with E-state index in [2.05, 4.69) is 28.1 Å². The third-order valence-electron chi connectivity index (χ3n) is 1.91. The van der Waals surface area contributed by atoms with Gasteiger partial charge in [0.1, 0.15) is 0 Å². The van der Waals surface area contributed by atoms with Crippen molar-refractivity contribution in [2.45, 2.75) is 19.4 Å². The van der Waals surface area contributed by atoms with E-state index in [0.29, 0.717) is 0 Å². The normalized spacial score (nSPS) is 10.4. The fourth-order valence-corrected chi connectivity index (χ4v) is 1.09. The fraction of sp³-hybridized carbons (Fsp3) is 0.364. The van der Waals surface area contributed by atoms with E-state index in [9.17, 15) is 0 Å². The molecule has 0 unspecified atom stereocenters. The van der Waals surface area contributed by atoms with Crippen LogP contribution in [0.15, 0.2) is 40.3 Å². The van der Waals surface area contributed by atoms with Gasteiger partial charge in [0.2, 0.25) is 0 Å². The molecule has 68 valence electrons. The van der Waals surface area contributed by atoms with Crippen LogP contribution in [0.5, 0.6) is 0 Å². The van der Waals surface area contributed by atoms with E-state index in [-0.39, 0.29) is 5.54 Å². The van der Waals surface area contributed by atoms with Gasteiger partial charge in [0, 0.05) is 7.05 Å². The highest BCUT2D eigenvalue weighted by Crippen LogP contribution is 2.23. The average molecular weight is 174 g/mol. The zero-order valence-corrected chi connectivity index (χ0v) is 8.28. The Labute approximate surface area is 79.0 Å². The number of hydrogen-bond acceptors (Lipinski definition) is 2. The molecule has 0 fully saturated rings. The highest BCUT2D eigenvalue weighted by molar-refractivity contribution is 5.43. The van der Waals surface area contributed by atoms with Crippen LogP contribution in [0.3, 0.4) is 0 Å². The first kappa shape index (κ1) is 9.69. The zero-order chi connectivity index (χ0) is 9.73. The van der Waals surface area contributed by atoms with Crippen molar-refractivity contribution in [2.24, 2.45) is 9.98 Å². The predicted molar refractivity (Wildman–Crippen MR) is 55.3 cm³/mol. The van der Waals surface area contributed by atoms with Gasteiger partial charge in [0.05, 0.1) is 11.5 Å². The van der Waals surface area contributed by atoms with Crippen molar-refractivity contribution >= 4 is 6.01 Å². The minimum atomic E-state index is -0.235. The van der Waals surface area contributed by atoms with Crippen LogP contribution in [0.4, 0.5) is 0 Å². The molecule has 0 aliphatic rings. The lowest BCUT2D eigenvalue weighted by atomic mass is 9.95. The summed E-state index contributed by atoms with van der Waals surface area (Å²) in [5, 5.41) is 0. The molecule has 0 saturated carbocycles. The number of aliphatic imine (C=N–C) groups is 2. The Morgan fingerprint density at radius 2 is 1.77 bits per heavy atom. The Morgan fingerprint density at radius 1 is 1.15 bits per heavy atom. The smallest absolute Gasteiger partial charge is 0.0910 e. The third-order valence-corrected chi connectivity index (χ3v) is 1.91. The van der Waals surface area contributed by atoms with Crippen LogP contribution in [0.25, 0.3) is 0 Å². The monoisotopic (exact) mass is 174 g/mol. The highest BCUT2D eigenvalue weighted by Gasteiger charge is 2.17. The zero-order valence-electron chi connectivity index (χ0n) is 8.28. The Kier molecular flexibility index (Phi) is 2.99. The Hall–Kier alpha value is -1.40. The maximum Gasteiger partial charge on any atom is 0.0910 e. The molecule has 0 aliphatic carbocycles. The molecule has 0 heterocycles. The van der Waals surface area contributed by atoms with Crippen molar-refractivity contribution in [2.75, 3.05) is 7.05 Å². The van der Waals surface area contributed by atoms with E-state index in [1.54, 1.807) is 7.05 Å². The van der Waals surface area contributed by atoms with Crippen LogP contribution in [0.1, 0.15) is 19.4 Å². The molecule has 0 aliphatic heterocycles. The predicted octanol–water partition coefficient (Wildman–Crippen LogP) is 2.73. The lowest BCUT2D eigenvalue weighted by molar-refractivity contribution is 0.561. The van der Waals surface area contributed by atoms with Gasteiger partial charge in [-0.3, -0.25) is 0 Å². The second kappa shape index (κ2) is 4.01. The lowest BCUT2D eigenvalue weighted by Crippen LogP contribution is -2.12. The van der Waals surface area contributed by atoms with Crippen LogP contribution in [-0.2, 0) is 5.54 Å². The molecule has 0 spiro atoms. The quantitative estimate of drug-likeness (QED) is 0.616. The second-order valence-electron chi connectivity index (χ2n) is 3.36. The molecule has 13 heavy (non-hydrogen) atoms. The van der Waals surface area contributed by atoms with Crippen molar-refractivity contribution in [3.8, 4) is 0 Å². The summed E-state index contributed by atoms with van der Waals surface area (Å²) in [7, 11) is 1.67. The maximum atomic E-state index is 4.23. The summed E-state index contributed by atoms with van der Waals surface area (Å²) in [5.41, 5.74) is 0.937. The second-order valence-corrected chi connectivity index (χ2v) is 3.36. The first-order chi connectivity index (χ1) is 6.17. The molecule has 0 atom stereocenters. The van der Waals surface area contributed by atoms with Gasteiger partial charge in [-0.25, -0.2) is 9.98 Å². The molecule has 1 rings (SSSR count). The summed E-state index contributed by atoms with van der Waals surface area (Å²) in [5.74, 6) is 0. The number of hydrogen-bond donors (Lipinski definition) is 0. The van der Waals surface area contributed by atoms with Gasteiger partial charge >= 0.3 is 0 Å². The average Bonchev–Trinajstić information content (AvgIpc) is 2.16. The van der Waals surface area contributed by atoms with Gasteiger partial charge in [-0.05, 0) is 19.4 Å². The van der Waals surface area contributed by atoms with E-state index in [1.165, 1.54) is 5.56 Å². The lowest BCUT2D eigenvalue weighted by Gasteiger charge is -2.17. The Balaban J connectivity index is 3.01. The van der Waals surface area contributed by atoms with Crippen molar-refractivity contribution in [1.29, 1.82) is 0 Å². The summed E-state index contributed by atoms with van der Waals surface area (Å²) >= 11 is 0. The maximum absolute atomic E-state index is 4.23. The van der Waals surface area contributed by atoms with Crippen molar-refractivity contribution in [3.63, 3.8) is 0 Å². The highest BCUT2D eigenvalue weighted by atomic mass is 14.9. The summed E-state index contributed by atoms with van der Waals surface area (Å²) in [4.78, 5) is 7.96. The number of rotatable bonds is 2. The van der Waals surface area contributed by atoms with E-state index < -0.39 is 0 Å². The number of nitrogens with zero attached hydrogens (tertiary/aromatic N) is 2. The molecular formula is C11H14N2. The van der Waals surface area contributed by atoms with E-state index in [4.69, 9.17) is 0 Å². The Morgan fingerprint density at radius 3 is 2.31 bits per heavy atom. The van der Waals surface area contributed by atoms with E-state index >= 15 is 0 Å². The molecule has 1 aromatic carbocycles. The van der Waals surface area contributed by atoms with Crippen LogP contribution in [0.2, 0.25) is 0 Å². The van der Waals surface area contributed by atoms with Gasteiger partial charge in [0.25, 0.3) is 0 Å². The molecule has 0 radical (unpaired) electrons. The van der Waals surface area contributed by atoms with Gasteiger partial charge < -0.3 is 0 Å². The summed E-state index contributed by atoms with van der Waals surface area (Å²) in [6.07, 6.45) is 0. The molecule has 2 nitrogen and oxygen atoms in total. The molecule has 0 saturated heterocycles. The summed E-state index contributed by atoms with van der Waals surface area (Å²) < 4.78 is 0. The van der Waals surface area contributed by atoms with Gasteiger partial charge in [-0.2, -0.15) is 0 Å². The van der Waals surface area contributed by atoms with Crippen molar-refractivity contribution in [3.05, 3.63) is 35.9 Å². The molecule has 1 aromatic rings. The molecule has 2 heteroatoms. The van der Waals surface area contributed by atoms with E-state index in [1.807, 2.05) is 32.0 Å². The van der Waals surface area contributed by atoms with E-state index in [0.717, 1.165) is 0 Å². The van der Waals surface area contributed by atoms with Crippen LogP contribution in [-0.4, -0.2) is 13.1 Å². The molecule has 0 amide bonds. The molecular weight excluding hydrogens is 160 g/mol. The molecule has 0 N–H and O–H groups in total. The van der Waals surface area contributed by atoms with Crippen LogP contribution >= 0.6 is 0 Å². The fourth-order valence-electron chi connectivity index (χ4n) is 1.09. The molecule has 0 bridgehead atoms. The minimum Gasteiger partial charge on any atom is -0.229 e. The van der Waals surface area contributed by atoms with Crippen molar-refractivity contribution < 1.29 is 0 Å². The van der Waals surface area contributed by atoms with Gasteiger partial charge in [0.15, 0.2) is 0 Å². The van der Waals surface area contributed by atoms with Gasteiger partial charge in [-0.1, -0.05) is 30.3 Å². The van der Waals surface area contributed by atoms with Crippen molar-refractivity contribution in [1.82, 2.24) is 0 Å². The number of benzene rings is 1. The standard InChI is InChI=1S/C11H14N2/c1-11(2,13-9-12-3)10-7-5-4-6-8-10/h4-8H,1-3H3. The molecule has 0 aromatic heterocycles. The largest absolute Gasteiger partial charge is 0.229 e. The first-order valence-electron chi connectivity index (χ1n) is 4.28. The third kappa shape index (κ3) is 2.53. The van der Waals surface area contributed by atoms with Crippen LogP contribution in [0, 0.1) is 0 Å². The van der Waals surface area contributed by atoms with Gasteiger partial charge in [-0.15, -0.1) is 0 Å². The first-order valence-corrected chi connectivity index (χ1v) is 4.28. The summed E-state index contributed by atoms with van der Waals surface area (Å²) in [6, 6.07) is 12.8. The summed E-state index contributed by atoms with van der Waals surface area (Å²) in [6.45, 7) is 4.08. The van der Waals surface area contributed by atoms with Crippen LogP contribution < -0.4 is 0 Å². The topological polar surface area (TPSA) is 24.7 Å². The SMILES string of the molecule is CN=C=NC(C)(C)c1ccccc1. The Bertz CT molecular complexity index is 319.